The number of carbonyl (C=O) groups is 2. The molecule has 5 saturated heterocycles. The average molecular weight is 1230 g/mol. The topological polar surface area (TPSA) is 470 Å². The number of hydrogen-bond acceptors (Lipinski definition) is 29. The van der Waals surface area contributed by atoms with Crippen LogP contribution in [0.15, 0.2) is 22.8 Å². The zero-order chi connectivity index (χ0) is 61.9. The van der Waals surface area contributed by atoms with Crippen LogP contribution in [0.3, 0.4) is 0 Å². The molecular formula is C56H88O29. The molecule has 0 aromatic heterocycles. The van der Waals surface area contributed by atoms with Crippen LogP contribution in [0.4, 0.5) is 0 Å². The van der Waals surface area contributed by atoms with Crippen LogP contribution in [0.2, 0.25) is 0 Å². The number of hydrogen-bond donors (Lipinski definition) is 17. The molecule has 0 aromatic rings. The van der Waals surface area contributed by atoms with E-state index in [0.29, 0.717) is 43.3 Å². The molecule has 0 amide bonds. The van der Waals surface area contributed by atoms with Gasteiger partial charge in [-0.2, -0.15) is 0 Å². The number of Topliss-reactive ketones (excluding diaryl/α,β-unsaturated/α-hetero) is 2. The Kier molecular flexibility index (Phi) is 21.6. The highest BCUT2D eigenvalue weighted by Crippen LogP contribution is 2.66. The zero-order valence-corrected chi connectivity index (χ0v) is 47.8. The highest BCUT2D eigenvalue weighted by Gasteiger charge is 2.62. The Morgan fingerprint density at radius 3 is 1.76 bits per heavy atom. The van der Waals surface area contributed by atoms with Gasteiger partial charge in [0.2, 0.25) is 0 Å². The molecule has 4 aliphatic carbocycles. The van der Waals surface area contributed by atoms with Crippen molar-refractivity contribution in [3.8, 4) is 0 Å². The van der Waals surface area contributed by atoms with Crippen molar-refractivity contribution in [3.05, 3.63) is 22.8 Å². The summed E-state index contributed by atoms with van der Waals surface area (Å²) in [6, 6.07) is 0. The normalized spacial score (nSPS) is 50.4. The number of rotatable bonds is 19. The quantitative estimate of drug-likeness (QED) is 0.0422. The van der Waals surface area contributed by atoms with Gasteiger partial charge in [0.1, 0.15) is 116 Å². The standard InChI is InChI=1S/C56H88O29/c1-20(14-57)5-8-26(62)21(2)35-27(63)12-25-23-7-6-22-11-30(28(64)13-56(22,4)24(23)9-10-55(25,35)3)77-51-44(74)41(71)46(34(18-61)81-51)82-54-49(48(39(69)33(17-60)80-54)84-50-42(72)36(66)29(65)19-76-50)85-53-45(75)47(38(68)32(16-59)79-53)83-52-43(73)40(70)37(67)31(15-58)78-52/h6,20,23-25,28-34,36-54,57-61,64-75H,5,7-19H2,1-4H3/b35-21+/t20-,23-,24+,25+,28-,29-,30-,31-,32-,33-,34-,36+,37-,38-,39-,40+,41-,42-,43-,44-,45-,46+,47+,48+,49-,50+,51-,52+,53+,54+,55+,56+/m1/s1. The third-order valence-corrected chi connectivity index (χ3v) is 19.9. The fourth-order valence-corrected chi connectivity index (χ4v) is 14.9. The summed E-state index contributed by atoms with van der Waals surface area (Å²) in [6.45, 7) is 3.27. The van der Waals surface area contributed by atoms with Crippen molar-refractivity contribution < 1.29 is 144 Å². The van der Waals surface area contributed by atoms with Crippen LogP contribution in [0.1, 0.15) is 79.1 Å². The minimum Gasteiger partial charge on any atom is -0.396 e. The fraction of sp³-hybridized carbons (Fsp3) is 0.893. The number of carbonyl (C=O) groups excluding carboxylic acids is 2. The van der Waals surface area contributed by atoms with E-state index in [1.54, 1.807) is 6.92 Å². The monoisotopic (exact) mass is 1220 g/mol. The molecule has 85 heavy (non-hydrogen) atoms. The van der Waals surface area contributed by atoms with E-state index in [0.717, 1.165) is 5.57 Å². The van der Waals surface area contributed by atoms with Crippen molar-refractivity contribution in [2.24, 2.45) is 34.5 Å². The maximum Gasteiger partial charge on any atom is 0.187 e. The molecule has 3 saturated carbocycles. The second-order valence-corrected chi connectivity index (χ2v) is 25.2. The molecule has 29 nitrogen and oxygen atoms in total. The van der Waals surface area contributed by atoms with Gasteiger partial charge in [-0.1, -0.05) is 32.4 Å². The third-order valence-electron chi connectivity index (χ3n) is 19.9. The summed E-state index contributed by atoms with van der Waals surface area (Å²) in [5.41, 5.74) is 1.00. The Morgan fingerprint density at radius 2 is 1.12 bits per heavy atom. The molecule has 17 N–H and O–H groups in total. The highest BCUT2D eigenvalue weighted by atomic mass is 16.8. The highest BCUT2D eigenvalue weighted by molar-refractivity contribution is 6.08. The molecule has 0 bridgehead atoms. The van der Waals surface area contributed by atoms with Gasteiger partial charge in [-0.3, -0.25) is 9.59 Å². The maximum absolute atomic E-state index is 13.9. The average Bonchev–Trinajstić information content (AvgIpc) is 1.82. The first-order valence-corrected chi connectivity index (χ1v) is 29.5. The molecule has 0 radical (unpaired) electrons. The first-order valence-electron chi connectivity index (χ1n) is 29.5. The van der Waals surface area contributed by atoms with Crippen LogP contribution in [0, 0.1) is 34.5 Å². The smallest absolute Gasteiger partial charge is 0.187 e. The van der Waals surface area contributed by atoms with Crippen molar-refractivity contribution in [2.75, 3.05) is 39.6 Å². The molecule has 5 aliphatic heterocycles. The van der Waals surface area contributed by atoms with Crippen molar-refractivity contribution >= 4 is 11.6 Å². The minimum atomic E-state index is -2.23. The predicted molar refractivity (Wildman–Crippen MR) is 280 cm³/mol. The van der Waals surface area contributed by atoms with E-state index >= 15 is 0 Å². The number of ketones is 2. The first-order chi connectivity index (χ1) is 40.3. The maximum atomic E-state index is 13.9. The molecule has 9 aliphatic rings. The Labute approximate surface area is 489 Å². The molecule has 0 aromatic carbocycles. The molecule has 29 heteroatoms. The van der Waals surface area contributed by atoms with E-state index in [1.807, 2.05) is 6.92 Å². The van der Waals surface area contributed by atoms with Crippen molar-refractivity contribution in [3.63, 3.8) is 0 Å². The SMILES string of the molecule is C/C(C(=O)CC[C@@H](C)CO)=C1/C(=O)C[C@H]2[C@@H]3CC=C4C[C@@H](O[C@@H]5O[C@H](CO)[C@H](O[C@@H]6O[C@H](CO)[C@@H](O)[C@H](O[C@@H]7OC[C@@H](O)[C@H](O)[C@H]7O)[C@H]6O[C@@H]6O[C@H](CO)[C@@H](O)[C@H](O[C@@H]7O[C@H](CO)[C@@H](O)[C@H](O)[C@H]7O)[C@H]6O)[C@H](O)[C@H]5O)[C@H](O)C[C@]4(C)[C@H]3CC[C@]12C. The van der Waals surface area contributed by atoms with Crippen molar-refractivity contribution in [1.29, 1.82) is 0 Å². The summed E-state index contributed by atoms with van der Waals surface area (Å²) < 4.78 is 59.1. The van der Waals surface area contributed by atoms with Gasteiger partial charge < -0.3 is 134 Å². The van der Waals surface area contributed by atoms with Crippen LogP contribution in [-0.4, -0.2) is 298 Å². The molecule has 486 valence electrons. The Morgan fingerprint density at radius 1 is 0.576 bits per heavy atom. The number of aliphatic hydroxyl groups is 17. The van der Waals surface area contributed by atoms with E-state index in [2.05, 4.69) is 19.9 Å². The second-order valence-electron chi connectivity index (χ2n) is 25.2. The van der Waals surface area contributed by atoms with E-state index in [1.165, 1.54) is 0 Å². The van der Waals surface area contributed by atoms with Gasteiger partial charge in [-0.25, -0.2) is 0 Å². The van der Waals surface area contributed by atoms with Gasteiger partial charge in [-0.15, -0.1) is 0 Å². The lowest BCUT2D eigenvalue weighted by atomic mass is 9.47. The number of aliphatic hydroxyl groups excluding tert-OH is 17. The van der Waals surface area contributed by atoms with Gasteiger partial charge in [0.15, 0.2) is 43.0 Å². The van der Waals surface area contributed by atoms with E-state index in [9.17, 15) is 96.4 Å². The molecular weight excluding hydrogens is 1140 g/mol. The van der Waals surface area contributed by atoms with E-state index in [4.69, 9.17) is 47.4 Å². The van der Waals surface area contributed by atoms with E-state index in [-0.39, 0.29) is 61.1 Å². The van der Waals surface area contributed by atoms with Crippen molar-refractivity contribution in [2.45, 2.75) is 239 Å². The number of ether oxygens (including phenoxy) is 10. The van der Waals surface area contributed by atoms with Gasteiger partial charge in [0.25, 0.3) is 0 Å². The first kappa shape index (κ1) is 67.1. The lowest BCUT2D eigenvalue weighted by Gasteiger charge is -2.58. The Bertz CT molecular complexity index is 2340. The summed E-state index contributed by atoms with van der Waals surface area (Å²) in [5, 5.41) is 185. The number of fused-ring (bicyclic) bond motifs is 5. The van der Waals surface area contributed by atoms with E-state index < -0.39 is 203 Å². The van der Waals surface area contributed by atoms with Crippen LogP contribution in [0.5, 0.6) is 0 Å². The van der Waals surface area contributed by atoms with Crippen LogP contribution < -0.4 is 0 Å². The molecule has 9 rings (SSSR count). The number of allylic oxidation sites excluding steroid dienone is 3. The van der Waals surface area contributed by atoms with Crippen LogP contribution in [0.25, 0.3) is 0 Å². The summed E-state index contributed by atoms with van der Waals surface area (Å²) >= 11 is 0. The van der Waals surface area contributed by atoms with Gasteiger partial charge in [0.05, 0.1) is 45.2 Å². The molecule has 0 unspecified atom stereocenters. The molecule has 8 fully saturated rings. The molecule has 5 heterocycles. The van der Waals surface area contributed by atoms with Crippen molar-refractivity contribution in [1.82, 2.24) is 0 Å². The lowest BCUT2D eigenvalue weighted by molar-refractivity contribution is -0.409. The Hall–Kier alpha value is -2.26. The third kappa shape index (κ3) is 12.8. The fourth-order valence-electron chi connectivity index (χ4n) is 14.9. The molecule has 0 spiro atoms. The minimum absolute atomic E-state index is 0.0282. The summed E-state index contributed by atoms with van der Waals surface area (Å²) in [6.07, 6.45) is -42.6. The van der Waals surface area contributed by atoms with Crippen LogP contribution in [-0.2, 0) is 57.0 Å². The van der Waals surface area contributed by atoms with Crippen LogP contribution >= 0.6 is 0 Å². The summed E-state index contributed by atoms with van der Waals surface area (Å²) in [5.74, 6) is -0.111. The zero-order valence-electron chi connectivity index (χ0n) is 47.8. The second kappa shape index (κ2) is 27.3. The molecule has 32 atom stereocenters. The summed E-state index contributed by atoms with van der Waals surface area (Å²) in [7, 11) is 0. The van der Waals surface area contributed by atoms with Gasteiger partial charge in [-0.05, 0) is 85.5 Å². The lowest BCUT2D eigenvalue weighted by Crippen LogP contribution is -2.69. The summed E-state index contributed by atoms with van der Waals surface area (Å²) in [4.78, 5) is 27.3. The van der Waals surface area contributed by atoms with Gasteiger partial charge in [0, 0.05) is 25.0 Å². The predicted octanol–water partition coefficient (Wildman–Crippen LogP) is -6.49. The van der Waals surface area contributed by atoms with Gasteiger partial charge >= 0.3 is 0 Å². The Balaban J connectivity index is 0.930. The largest absolute Gasteiger partial charge is 0.396 e.